The van der Waals surface area contributed by atoms with Crippen LogP contribution in [0.2, 0.25) is 0 Å². The van der Waals surface area contributed by atoms with Crippen molar-refractivity contribution in [3.63, 3.8) is 0 Å². The number of rotatable bonds is 5. The van der Waals surface area contributed by atoms with E-state index in [1.807, 2.05) is 60.8 Å². The number of anilines is 1. The molecule has 25 heavy (non-hydrogen) atoms. The zero-order valence-corrected chi connectivity index (χ0v) is 15.6. The van der Waals surface area contributed by atoms with E-state index in [1.54, 1.807) is 12.1 Å². The standard InChI is InChI=1S/C19H20N2O2S2/c1-13-4-2-5-14(10-13)18(23)20-12-17(22)21-16-7-3-6-15(11-16)19-24-8-9-25-19/h2-7,10-11,19H,8-9,12H2,1H3,(H,20,23)(H,21,22). The number of hydrogen-bond donors (Lipinski definition) is 2. The van der Waals surface area contributed by atoms with Crippen LogP contribution in [0.25, 0.3) is 0 Å². The second-order valence-corrected chi connectivity index (χ2v) is 8.52. The SMILES string of the molecule is Cc1cccc(C(=O)NCC(=O)Nc2cccc(C3SCCS3)c2)c1. The zero-order valence-electron chi connectivity index (χ0n) is 14.0. The van der Waals surface area contributed by atoms with Crippen LogP contribution in [0.4, 0.5) is 5.69 Å². The lowest BCUT2D eigenvalue weighted by molar-refractivity contribution is -0.115. The van der Waals surface area contributed by atoms with Crippen LogP contribution in [-0.4, -0.2) is 29.9 Å². The number of amides is 2. The quantitative estimate of drug-likeness (QED) is 0.837. The van der Waals surface area contributed by atoms with Crippen LogP contribution in [0, 0.1) is 6.92 Å². The van der Waals surface area contributed by atoms with Crippen LogP contribution in [0.1, 0.15) is 26.1 Å². The molecule has 0 bridgehead atoms. The third-order valence-electron chi connectivity index (χ3n) is 3.75. The largest absolute Gasteiger partial charge is 0.343 e. The maximum absolute atomic E-state index is 12.1. The summed E-state index contributed by atoms with van der Waals surface area (Å²) in [5.41, 5.74) is 3.55. The predicted octanol–water partition coefficient (Wildman–Crippen LogP) is 3.84. The van der Waals surface area contributed by atoms with Crippen LogP contribution in [0.5, 0.6) is 0 Å². The van der Waals surface area contributed by atoms with Crippen LogP contribution < -0.4 is 10.6 Å². The van der Waals surface area contributed by atoms with Gasteiger partial charge in [0.1, 0.15) is 0 Å². The summed E-state index contributed by atoms with van der Waals surface area (Å²) < 4.78 is 0.442. The van der Waals surface area contributed by atoms with Crippen molar-refractivity contribution in [1.82, 2.24) is 5.32 Å². The molecule has 1 heterocycles. The summed E-state index contributed by atoms with van der Waals surface area (Å²) >= 11 is 3.86. The summed E-state index contributed by atoms with van der Waals surface area (Å²) in [5.74, 6) is 1.85. The van der Waals surface area contributed by atoms with Crippen LogP contribution in [0.15, 0.2) is 48.5 Å². The van der Waals surface area contributed by atoms with Crippen molar-refractivity contribution in [2.24, 2.45) is 0 Å². The minimum atomic E-state index is -0.244. The van der Waals surface area contributed by atoms with Gasteiger partial charge >= 0.3 is 0 Å². The number of thioether (sulfide) groups is 2. The second-order valence-electron chi connectivity index (χ2n) is 5.80. The molecule has 130 valence electrons. The molecule has 1 aliphatic rings. The van der Waals surface area contributed by atoms with E-state index in [-0.39, 0.29) is 18.4 Å². The Labute approximate surface area is 156 Å². The Morgan fingerprint density at radius 2 is 1.84 bits per heavy atom. The molecular formula is C19H20N2O2S2. The van der Waals surface area contributed by atoms with Gasteiger partial charge in [0.15, 0.2) is 0 Å². The third-order valence-corrected chi connectivity index (χ3v) is 6.86. The van der Waals surface area contributed by atoms with Crippen molar-refractivity contribution < 1.29 is 9.59 Å². The van der Waals surface area contributed by atoms with Gasteiger partial charge in [0, 0.05) is 22.8 Å². The Balaban J connectivity index is 1.54. The molecule has 2 amide bonds. The van der Waals surface area contributed by atoms with Crippen molar-refractivity contribution >= 4 is 41.0 Å². The Morgan fingerprint density at radius 1 is 1.08 bits per heavy atom. The first-order valence-corrected chi connectivity index (χ1v) is 10.2. The van der Waals surface area contributed by atoms with Gasteiger partial charge in [-0.15, -0.1) is 23.5 Å². The summed E-state index contributed by atoms with van der Waals surface area (Å²) in [6, 6.07) is 15.2. The van der Waals surface area contributed by atoms with E-state index in [0.717, 1.165) is 22.8 Å². The van der Waals surface area contributed by atoms with Gasteiger partial charge in [-0.2, -0.15) is 0 Å². The highest BCUT2D eigenvalue weighted by atomic mass is 32.2. The van der Waals surface area contributed by atoms with Crippen molar-refractivity contribution in [3.05, 3.63) is 65.2 Å². The molecular weight excluding hydrogens is 352 g/mol. The van der Waals surface area contributed by atoms with Gasteiger partial charge in [0.2, 0.25) is 5.91 Å². The molecule has 0 aromatic heterocycles. The highest BCUT2D eigenvalue weighted by molar-refractivity contribution is 8.19. The number of hydrogen-bond acceptors (Lipinski definition) is 4. The average molecular weight is 373 g/mol. The number of carbonyl (C=O) groups excluding carboxylic acids is 2. The third kappa shape index (κ3) is 5.03. The lowest BCUT2D eigenvalue weighted by Gasteiger charge is -2.11. The van der Waals surface area contributed by atoms with Crippen molar-refractivity contribution in [1.29, 1.82) is 0 Å². The fourth-order valence-corrected chi connectivity index (χ4v) is 5.41. The molecule has 0 unspecified atom stereocenters. The molecule has 3 rings (SSSR count). The summed E-state index contributed by atoms with van der Waals surface area (Å²) in [7, 11) is 0. The maximum atomic E-state index is 12.1. The van der Waals surface area contributed by atoms with Gasteiger partial charge in [0.25, 0.3) is 5.91 Å². The average Bonchev–Trinajstić information content (AvgIpc) is 3.14. The van der Waals surface area contributed by atoms with Crippen molar-refractivity contribution in [3.8, 4) is 0 Å². The van der Waals surface area contributed by atoms with E-state index >= 15 is 0 Å². The monoisotopic (exact) mass is 372 g/mol. The fourth-order valence-electron chi connectivity index (χ4n) is 2.57. The van der Waals surface area contributed by atoms with E-state index in [1.165, 1.54) is 5.56 Å². The minimum absolute atomic E-state index is 0.0517. The zero-order chi connectivity index (χ0) is 17.6. The number of benzene rings is 2. The lowest BCUT2D eigenvalue weighted by Crippen LogP contribution is -2.32. The summed E-state index contributed by atoms with van der Waals surface area (Å²) in [6.45, 7) is 1.88. The molecule has 4 nitrogen and oxygen atoms in total. The molecule has 0 spiro atoms. The smallest absolute Gasteiger partial charge is 0.251 e. The molecule has 1 aliphatic heterocycles. The van der Waals surface area contributed by atoms with Gasteiger partial charge in [-0.25, -0.2) is 0 Å². The lowest BCUT2D eigenvalue weighted by atomic mass is 10.1. The molecule has 0 atom stereocenters. The molecule has 0 radical (unpaired) electrons. The second kappa shape index (κ2) is 8.45. The van der Waals surface area contributed by atoms with Gasteiger partial charge in [-0.3, -0.25) is 9.59 Å². The predicted molar refractivity (Wildman–Crippen MR) is 106 cm³/mol. The maximum Gasteiger partial charge on any atom is 0.251 e. The molecule has 2 N–H and O–H groups in total. The molecule has 2 aromatic rings. The number of nitrogens with one attached hydrogen (secondary N) is 2. The number of carbonyl (C=O) groups is 2. The van der Waals surface area contributed by atoms with E-state index in [0.29, 0.717) is 10.1 Å². The number of aryl methyl sites for hydroxylation is 1. The van der Waals surface area contributed by atoms with Gasteiger partial charge in [-0.1, -0.05) is 29.8 Å². The first-order chi connectivity index (χ1) is 12.1. The van der Waals surface area contributed by atoms with E-state index in [4.69, 9.17) is 0 Å². The minimum Gasteiger partial charge on any atom is -0.343 e. The van der Waals surface area contributed by atoms with E-state index in [2.05, 4.69) is 16.7 Å². The summed E-state index contributed by atoms with van der Waals surface area (Å²) in [4.78, 5) is 24.2. The molecule has 1 saturated heterocycles. The summed E-state index contributed by atoms with van der Waals surface area (Å²) in [5, 5.41) is 5.51. The first kappa shape index (κ1) is 17.9. The van der Waals surface area contributed by atoms with Gasteiger partial charge < -0.3 is 10.6 Å². The normalized spacial score (nSPS) is 14.3. The van der Waals surface area contributed by atoms with Crippen LogP contribution in [-0.2, 0) is 4.79 Å². The van der Waals surface area contributed by atoms with Crippen molar-refractivity contribution in [2.45, 2.75) is 11.5 Å². The molecule has 6 heteroatoms. The van der Waals surface area contributed by atoms with Crippen LogP contribution >= 0.6 is 23.5 Å². The molecule has 0 aliphatic carbocycles. The molecule has 2 aromatic carbocycles. The topological polar surface area (TPSA) is 58.2 Å². The van der Waals surface area contributed by atoms with Gasteiger partial charge in [-0.05, 0) is 36.8 Å². The van der Waals surface area contributed by atoms with Gasteiger partial charge in [0.05, 0.1) is 11.1 Å². The Bertz CT molecular complexity index is 774. The van der Waals surface area contributed by atoms with E-state index < -0.39 is 0 Å². The van der Waals surface area contributed by atoms with Crippen molar-refractivity contribution in [2.75, 3.05) is 23.4 Å². The highest BCUT2D eigenvalue weighted by Crippen LogP contribution is 2.45. The first-order valence-electron chi connectivity index (χ1n) is 8.10. The Hall–Kier alpha value is -1.92. The molecule has 0 saturated carbocycles. The molecule has 1 fully saturated rings. The Kier molecular flexibility index (Phi) is 6.04. The highest BCUT2D eigenvalue weighted by Gasteiger charge is 2.18. The summed E-state index contributed by atoms with van der Waals surface area (Å²) in [6.07, 6.45) is 0. The Morgan fingerprint density at radius 3 is 2.60 bits per heavy atom. The van der Waals surface area contributed by atoms with Crippen LogP contribution in [0.3, 0.4) is 0 Å². The van der Waals surface area contributed by atoms with E-state index in [9.17, 15) is 9.59 Å². The fraction of sp³-hybridized carbons (Fsp3) is 0.263.